The second kappa shape index (κ2) is 11.7. The first kappa shape index (κ1) is 24.6. The number of carbonyl (C=O) groups excluding carboxylic acids is 1. The van der Waals surface area contributed by atoms with Crippen LogP contribution in [0.2, 0.25) is 0 Å². The van der Waals surface area contributed by atoms with Gasteiger partial charge in [0.1, 0.15) is 24.2 Å². The van der Waals surface area contributed by atoms with Gasteiger partial charge in [-0.05, 0) is 53.8 Å². The third-order valence-corrected chi connectivity index (χ3v) is 7.50. The number of rotatable bonds is 9. The van der Waals surface area contributed by atoms with Crippen LogP contribution >= 0.6 is 23.5 Å². The van der Waals surface area contributed by atoms with Crippen molar-refractivity contribution < 1.29 is 32.5 Å². The Hall–Kier alpha value is -2.04. The van der Waals surface area contributed by atoms with Crippen molar-refractivity contribution in [1.29, 1.82) is 0 Å². The molecule has 1 heterocycles. The average molecular weight is 488 g/mol. The van der Waals surface area contributed by atoms with Gasteiger partial charge < -0.3 is 19.9 Å². The highest BCUT2D eigenvalue weighted by Gasteiger charge is 2.30. The minimum absolute atomic E-state index is 0.0120. The molecule has 1 amide bonds. The van der Waals surface area contributed by atoms with Crippen LogP contribution in [0.4, 0.5) is 13.2 Å². The summed E-state index contributed by atoms with van der Waals surface area (Å²) in [5.74, 6) is 2.45. The summed E-state index contributed by atoms with van der Waals surface area (Å²) >= 11 is 3.86. The monoisotopic (exact) mass is 487 g/mol. The molecule has 1 fully saturated rings. The van der Waals surface area contributed by atoms with Crippen LogP contribution in [0.15, 0.2) is 48.5 Å². The number of hydrogen-bond donors (Lipinski definition) is 2. The number of carbonyl (C=O) groups is 1. The van der Waals surface area contributed by atoms with Crippen LogP contribution < -0.4 is 14.8 Å². The Balaban J connectivity index is 1.35. The molecule has 1 unspecified atom stereocenters. The lowest BCUT2D eigenvalue weighted by molar-refractivity contribution is -0.137. The molecule has 0 saturated carbocycles. The number of alkyl halides is 3. The van der Waals surface area contributed by atoms with Crippen molar-refractivity contribution in [3.63, 3.8) is 0 Å². The molecule has 10 heteroatoms. The van der Waals surface area contributed by atoms with Gasteiger partial charge in [0, 0.05) is 6.54 Å². The van der Waals surface area contributed by atoms with E-state index in [-0.39, 0.29) is 25.5 Å². The number of aliphatic hydroxyl groups is 1. The van der Waals surface area contributed by atoms with Gasteiger partial charge in [0.05, 0.1) is 10.1 Å². The van der Waals surface area contributed by atoms with Gasteiger partial charge in [0.25, 0.3) is 5.91 Å². The molecule has 1 saturated heterocycles. The fraction of sp³-hybridized carbons (Fsp3) is 0.409. The summed E-state index contributed by atoms with van der Waals surface area (Å²) in [6.45, 7) is -0.592. The van der Waals surface area contributed by atoms with Gasteiger partial charge >= 0.3 is 6.18 Å². The summed E-state index contributed by atoms with van der Waals surface area (Å²) in [7, 11) is 0. The highest BCUT2D eigenvalue weighted by molar-refractivity contribution is 8.16. The molecular formula is C22H24F3NO4S2. The fourth-order valence-electron chi connectivity index (χ4n) is 2.85. The number of aliphatic hydroxyl groups excluding tert-OH is 1. The Morgan fingerprint density at radius 2 is 1.81 bits per heavy atom. The summed E-state index contributed by atoms with van der Waals surface area (Å²) in [5.41, 5.74) is 0.389. The van der Waals surface area contributed by atoms with E-state index in [4.69, 9.17) is 9.47 Å². The van der Waals surface area contributed by atoms with E-state index in [2.05, 4.69) is 5.32 Å². The summed E-state index contributed by atoms with van der Waals surface area (Å²) in [4.78, 5) is 11.9. The molecule has 0 aliphatic carbocycles. The first-order valence-corrected chi connectivity index (χ1v) is 12.1. The van der Waals surface area contributed by atoms with Crippen molar-refractivity contribution in [2.75, 3.05) is 31.3 Å². The summed E-state index contributed by atoms with van der Waals surface area (Å²) in [5, 5.41) is 12.4. The first-order chi connectivity index (χ1) is 15.3. The second-order valence-corrected chi connectivity index (χ2v) is 9.80. The van der Waals surface area contributed by atoms with E-state index in [1.165, 1.54) is 24.1 Å². The molecule has 1 aliphatic heterocycles. The zero-order valence-electron chi connectivity index (χ0n) is 17.1. The molecule has 2 N–H and O–H groups in total. The molecule has 0 aromatic heterocycles. The predicted molar refractivity (Wildman–Crippen MR) is 120 cm³/mol. The van der Waals surface area contributed by atoms with Gasteiger partial charge in [-0.2, -0.15) is 13.2 Å². The maximum absolute atomic E-state index is 12.7. The maximum Gasteiger partial charge on any atom is 0.416 e. The van der Waals surface area contributed by atoms with E-state index in [0.717, 1.165) is 23.6 Å². The summed E-state index contributed by atoms with van der Waals surface area (Å²) in [6.07, 6.45) is -4.33. The fourth-order valence-corrected chi connectivity index (χ4v) is 5.74. The van der Waals surface area contributed by atoms with E-state index >= 15 is 0 Å². The Labute approximate surface area is 193 Å². The molecule has 2 aromatic rings. The molecule has 3 rings (SSSR count). The number of benzene rings is 2. The number of hydrogen-bond acceptors (Lipinski definition) is 6. The number of amides is 1. The maximum atomic E-state index is 12.7. The van der Waals surface area contributed by atoms with Crippen LogP contribution in [0, 0.1) is 0 Å². The lowest BCUT2D eigenvalue weighted by atomic mass is 10.2. The molecule has 5 nitrogen and oxygen atoms in total. The first-order valence-electron chi connectivity index (χ1n) is 10.0. The smallest absolute Gasteiger partial charge is 0.416 e. The van der Waals surface area contributed by atoms with Crippen LogP contribution in [-0.2, 0) is 11.0 Å². The molecule has 1 aliphatic rings. The predicted octanol–water partition coefficient (Wildman–Crippen LogP) is 4.51. The third kappa shape index (κ3) is 7.83. The van der Waals surface area contributed by atoms with Crippen LogP contribution in [0.1, 0.15) is 22.1 Å². The Morgan fingerprint density at radius 3 is 2.50 bits per heavy atom. The van der Waals surface area contributed by atoms with Crippen molar-refractivity contribution in [2.24, 2.45) is 0 Å². The third-order valence-electron chi connectivity index (χ3n) is 4.49. The molecule has 1 atom stereocenters. The number of nitrogens with one attached hydrogen (secondary N) is 1. The topological polar surface area (TPSA) is 67.8 Å². The lowest BCUT2D eigenvalue weighted by Crippen LogP contribution is -2.37. The Morgan fingerprint density at radius 1 is 1.09 bits per heavy atom. The molecule has 0 spiro atoms. The normalized spacial score (nSPS) is 15.8. The quantitative estimate of drug-likeness (QED) is 0.543. The highest BCUT2D eigenvalue weighted by atomic mass is 32.2. The molecule has 0 radical (unpaired) electrons. The average Bonchev–Trinajstić information content (AvgIpc) is 2.80. The summed E-state index contributed by atoms with van der Waals surface area (Å²) in [6, 6.07) is 12.0. The summed E-state index contributed by atoms with van der Waals surface area (Å²) < 4.78 is 49.2. The van der Waals surface area contributed by atoms with E-state index in [0.29, 0.717) is 10.3 Å². The van der Waals surface area contributed by atoms with Gasteiger partial charge in [0.15, 0.2) is 6.61 Å². The van der Waals surface area contributed by atoms with Crippen LogP contribution in [0.5, 0.6) is 11.5 Å². The number of ether oxygens (including phenoxy) is 2. The van der Waals surface area contributed by atoms with Gasteiger partial charge in [-0.3, -0.25) is 4.79 Å². The van der Waals surface area contributed by atoms with E-state index < -0.39 is 23.8 Å². The lowest BCUT2D eigenvalue weighted by Gasteiger charge is -2.21. The van der Waals surface area contributed by atoms with Gasteiger partial charge in [-0.25, -0.2) is 0 Å². The molecule has 2 aromatic carbocycles. The van der Waals surface area contributed by atoms with E-state index in [1.54, 1.807) is 0 Å². The van der Waals surface area contributed by atoms with Crippen molar-refractivity contribution in [3.8, 4) is 11.5 Å². The number of halogens is 3. The second-order valence-electron chi connectivity index (χ2n) is 7.08. The van der Waals surface area contributed by atoms with Gasteiger partial charge in [0.2, 0.25) is 0 Å². The zero-order chi connectivity index (χ0) is 23.0. The molecule has 32 heavy (non-hydrogen) atoms. The molecular weight excluding hydrogens is 463 g/mol. The zero-order valence-corrected chi connectivity index (χ0v) is 18.8. The van der Waals surface area contributed by atoms with Crippen LogP contribution in [-0.4, -0.2) is 48.4 Å². The van der Waals surface area contributed by atoms with Crippen LogP contribution in [0.25, 0.3) is 0 Å². The minimum Gasteiger partial charge on any atom is -0.491 e. The number of thioether (sulfide) groups is 2. The Kier molecular flexibility index (Phi) is 9.01. The molecule has 0 bridgehead atoms. The van der Waals surface area contributed by atoms with E-state index in [9.17, 15) is 23.1 Å². The van der Waals surface area contributed by atoms with Gasteiger partial charge in [-0.1, -0.05) is 18.2 Å². The van der Waals surface area contributed by atoms with Crippen LogP contribution in [0.3, 0.4) is 0 Å². The van der Waals surface area contributed by atoms with Crippen molar-refractivity contribution >= 4 is 29.4 Å². The largest absolute Gasteiger partial charge is 0.491 e. The SMILES string of the molecule is O=C(COc1ccc(C2SCCCS2)cc1)NCC(O)COc1cccc(C(F)(F)F)c1. The Bertz CT molecular complexity index is 874. The van der Waals surface area contributed by atoms with Crippen molar-refractivity contribution in [2.45, 2.75) is 23.3 Å². The minimum atomic E-state index is -4.47. The molecule has 174 valence electrons. The standard InChI is InChI=1S/C22H24F3NO4S2/c23-22(24,25)16-3-1-4-19(11-16)29-13-17(27)12-26-20(28)14-30-18-7-5-15(6-8-18)21-31-9-2-10-32-21/h1,3-8,11,17,21,27H,2,9-10,12-14H2,(H,26,28). The van der Waals surface area contributed by atoms with Gasteiger partial charge in [-0.15, -0.1) is 23.5 Å². The van der Waals surface area contributed by atoms with E-state index in [1.807, 2.05) is 47.8 Å². The highest BCUT2D eigenvalue weighted by Crippen LogP contribution is 2.43. The van der Waals surface area contributed by atoms with Crippen molar-refractivity contribution in [1.82, 2.24) is 5.32 Å². The van der Waals surface area contributed by atoms with Crippen molar-refractivity contribution in [3.05, 3.63) is 59.7 Å².